The zero-order valence-corrected chi connectivity index (χ0v) is 9.67. The van der Waals surface area contributed by atoms with Gasteiger partial charge in [0.15, 0.2) is 0 Å². The van der Waals surface area contributed by atoms with Crippen LogP contribution in [0.2, 0.25) is 0 Å². The van der Waals surface area contributed by atoms with E-state index in [2.05, 4.69) is 12.2 Å². The molecule has 15 heavy (non-hydrogen) atoms. The van der Waals surface area contributed by atoms with Crippen LogP contribution in [-0.2, 0) is 4.79 Å². The quantitative estimate of drug-likeness (QED) is 0.682. The van der Waals surface area contributed by atoms with Gasteiger partial charge in [-0.15, -0.1) is 0 Å². The summed E-state index contributed by atoms with van der Waals surface area (Å²) in [5.74, 6) is -0.728. The molecule has 0 amide bonds. The highest BCUT2D eigenvalue weighted by Crippen LogP contribution is 2.19. The molecule has 2 N–H and O–H groups in total. The van der Waals surface area contributed by atoms with Gasteiger partial charge in [-0.1, -0.05) is 19.8 Å². The second kappa shape index (κ2) is 6.83. The summed E-state index contributed by atoms with van der Waals surface area (Å²) >= 11 is 0. The van der Waals surface area contributed by atoms with E-state index in [1.54, 1.807) is 0 Å². The Labute approximate surface area is 92.3 Å². The summed E-state index contributed by atoms with van der Waals surface area (Å²) in [7, 11) is 0. The molecule has 1 aliphatic rings. The van der Waals surface area contributed by atoms with Gasteiger partial charge in [0.1, 0.15) is 0 Å². The molecule has 0 spiro atoms. The zero-order valence-electron chi connectivity index (χ0n) is 9.67. The fraction of sp³-hybridized carbons (Fsp3) is 0.917. The lowest BCUT2D eigenvalue weighted by atomic mass is 9.94. The molecule has 1 heterocycles. The van der Waals surface area contributed by atoms with E-state index in [0.29, 0.717) is 6.04 Å². The number of unbranched alkanes of at least 4 members (excludes halogenated alkanes) is 1. The van der Waals surface area contributed by atoms with Crippen LogP contribution in [0.4, 0.5) is 0 Å². The van der Waals surface area contributed by atoms with E-state index in [4.69, 9.17) is 5.11 Å². The summed E-state index contributed by atoms with van der Waals surface area (Å²) in [4.78, 5) is 11.0. The Morgan fingerprint density at radius 3 is 2.87 bits per heavy atom. The summed E-state index contributed by atoms with van der Waals surface area (Å²) in [6.45, 7) is 3.22. The molecule has 0 bridgehead atoms. The molecule has 0 aromatic carbocycles. The van der Waals surface area contributed by atoms with Gasteiger partial charge in [0.25, 0.3) is 0 Å². The summed E-state index contributed by atoms with van der Waals surface area (Å²) in [6, 6.07) is 0.577. The summed E-state index contributed by atoms with van der Waals surface area (Å²) in [5, 5.41) is 12.5. The second-order valence-electron chi connectivity index (χ2n) is 4.55. The van der Waals surface area contributed by atoms with Crippen LogP contribution >= 0.6 is 0 Å². The van der Waals surface area contributed by atoms with Crippen molar-refractivity contribution in [1.82, 2.24) is 5.32 Å². The third kappa shape index (κ3) is 4.65. The van der Waals surface area contributed by atoms with E-state index in [1.807, 2.05) is 0 Å². The first kappa shape index (κ1) is 12.5. The molecule has 1 saturated heterocycles. The maximum Gasteiger partial charge on any atom is 0.306 e. The van der Waals surface area contributed by atoms with Crippen molar-refractivity contribution in [2.24, 2.45) is 5.92 Å². The Hall–Kier alpha value is -0.570. The Bertz CT molecular complexity index is 188. The van der Waals surface area contributed by atoms with Crippen molar-refractivity contribution < 1.29 is 9.90 Å². The number of hydrogen-bond donors (Lipinski definition) is 2. The predicted molar refractivity (Wildman–Crippen MR) is 60.9 cm³/mol. The Morgan fingerprint density at radius 2 is 2.33 bits per heavy atom. The number of nitrogens with one attached hydrogen (secondary N) is 1. The molecule has 3 heteroatoms. The third-order valence-corrected chi connectivity index (χ3v) is 3.28. The van der Waals surface area contributed by atoms with Crippen LogP contribution in [0.15, 0.2) is 0 Å². The topological polar surface area (TPSA) is 49.3 Å². The fourth-order valence-corrected chi connectivity index (χ4v) is 2.25. The van der Waals surface area contributed by atoms with Crippen LogP contribution in [0.5, 0.6) is 0 Å². The van der Waals surface area contributed by atoms with Crippen molar-refractivity contribution in [2.75, 3.05) is 6.54 Å². The van der Waals surface area contributed by atoms with Gasteiger partial charge >= 0.3 is 5.97 Å². The molecule has 0 aromatic heterocycles. The van der Waals surface area contributed by atoms with Gasteiger partial charge < -0.3 is 10.4 Å². The molecule has 0 radical (unpaired) electrons. The minimum Gasteiger partial charge on any atom is -0.481 e. The molecule has 1 unspecified atom stereocenters. The molecule has 0 saturated carbocycles. The van der Waals surface area contributed by atoms with Crippen molar-refractivity contribution in [1.29, 1.82) is 0 Å². The highest BCUT2D eigenvalue weighted by atomic mass is 16.4. The van der Waals surface area contributed by atoms with E-state index in [-0.39, 0.29) is 5.92 Å². The van der Waals surface area contributed by atoms with Gasteiger partial charge in [0.05, 0.1) is 5.92 Å². The normalized spacial score (nSPS) is 22.9. The largest absolute Gasteiger partial charge is 0.481 e. The number of carbonyl (C=O) groups is 1. The van der Waals surface area contributed by atoms with Crippen LogP contribution in [-0.4, -0.2) is 23.7 Å². The third-order valence-electron chi connectivity index (χ3n) is 3.28. The summed E-state index contributed by atoms with van der Waals surface area (Å²) in [6.07, 6.45) is 7.31. The lowest BCUT2D eigenvalue weighted by Crippen LogP contribution is -2.23. The molecule has 88 valence electrons. The second-order valence-corrected chi connectivity index (χ2v) is 4.55. The highest BCUT2D eigenvalue weighted by molar-refractivity contribution is 5.69. The van der Waals surface area contributed by atoms with E-state index >= 15 is 0 Å². The Morgan fingerprint density at radius 1 is 1.53 bits per heavy atom. The van der Waals surface area contributed by atoms with Crippen LogP contribution in [0.1, 0.15) is 51.9 Å². The molecule has 0 aliphatic carbocycles. The molecule has 1 fully saturated rings. The average molecular weight is 213 g/mol. The van der Waals surface area contributed by atoms with Gasteiger partial charge in [0, 0.05) is 6.04 Å². The minimum absolute atomic E-state index is 0.118. The minimum atomic E-state index is -0.610. The molecule has 2 atom stereocenters. The van der Waals surface area contributed by atoms with Gasteiger partial charge in [0.2, 0.25) is 0 Å². The van der Waals surface area contributed by atoms with E-state index in [1.165, 1.54) is 12.8 Å². The number of carboxylic acids is 1. The monoisotopic (exact) mass is 213 g/mol. The molecule has 0 aromatic rings. The summed E-state index contributed by atoms with van der Waals surface area (Å²) in [5.41, 5.74) is 0. The summed E-state index contributed by atoms with van der Waals surface area (Å²) < 4.78 is 0. The van der Waals surface area contributed by atoms with Gasteiger partial charge in [-0.05, 0) is 38.6 Å². The fourth-order valence-electron chi connectivity index (χ4n) is 2.25. The van der Waals surface area contributed by atoms with Crippen LogP contribution in [0.3, 0.4) is 0 Å². The number of hydrogen-bond acceptors (Lipinski definition) is 2. The van der Waals surface area contributed by atoms with E-state index in [9.17, 15) is 4.79 Å². The van der Waals surface area contributed by atoms with Crippen molar-refractivity contribution in [3.63, 3.8) is 0 Å². The number of rotatable bonds is 7. The first-order valence-electron chi connectivity index (χ1n) is 6.20. The molecule has 1 rings (SSSR count). The van der Waals surface area contributed by atoms with Gasteiger partial charge in [-0.2, -0.15) is 0 Å². The van der Waals surface area contributed by atoms with Gasteiger partial charge in [-0.25, -0.2) is 0 Å². The van der Waals surface area contributed by atoms with Crippen LogP contribution in [0, 0.1) is 5.92 Å². The maximum absolute atomic E-state index is 11.0. The average Bonchev–Trinajstić information content (AvgIpc) is 2.70. The number of aliphatic carboxylic acids is 1. The van der Waals surface area contributed by atoms with Crippen LogP contribution in [0.25, 0.3) is 0 Å². The molecular weight excluding hydrogens is 190 g/mol. The van der Waals surface area contributed by atoms with Crippen molar-refractivity contribution >= 4 is 5.97 Å². The standard InChI is InChI=1S/C12H23NO2/c1-2-3-5-10(12(14)15)7-8-11-6-4-9-13-11/h10-11,13H,2-9H2,1H3,(H,14,15)/t10?,11-/m1/s1. The highest BCUT2D eigenvalue weighted by Gasteiger charge is 2.20. The first-order chi connectivity index (χ1) is 7.24. The Balaban J connectivity index is 2.20. The predicted octanol–water partition coefficient (Wildman–Crippen LogP) is 2.41. The lowest BCUT2D eigenvalue weighted by Gasteiger charge is -2.15. The SMILES string of the molecule is CCCCC(CC[C@H]1CCCN1)C(=O)O. The molecular formula is C12H23NO2. The zero-order chi connectivity index (χ0) is 11.1. The molecule has 1 aliphatic heterocycles. The smallest absolute Gasteiger partial charge is 0.306 e. The molecule has 3 nitrogen and oxygen atoms in total. The van der Waals surface area contributed by atoms with Crippen molar-refractivity contribution in [3.8, 4) is 0 Å². The maximum atomic E-state index is 11.0. The van der Waals surface area contributed by atoms with E-state index in [0.717, 1.165) is 38.6 Å². The van der Waals surface area contributed by atoms with Crippen molar-refractivity contribution in [2.45, 2.75) is 57.9 Å². The van der Waals surface area contributed by atoms with Crippen molar-refractivity contribution in [3.05, 3.63) is 0 Å². The van der Waals surface area contributed by atoms with Gasteiger partial charge in [-0.3, -0.25) is 4.79 Å². The lowest BCUT2D eigenvalue weighted by molar-refractivity contribution is -0.142. The Kier molecular flexibility index (Phi) is 5.69. The number of carboxylic acid groups (broad SMARTS) is 1. The van der Waals surface area contributed by atoms with Crippen LogP contribution < -0.4 is 5.32 Å². The van der Waals surface area contributed by atoms with E-state index < -0.39 is 5.97 Å². The first-order valence-corrected chi connectivity index (χ1v) is 6.20.